The number of benzene rings is 2. The first-order chi connectivity index (χ1) is 30.9. The molecule has 1 fully saturated rings. The summed E-state index contributed by atoms with van der Waals surface area (Å²) < 4.78 is 28.8. The van der Waals surface area contributed by atoms with Crippen LogP contribution >= 0.6 is 0 Å². The van der Waals surface area contributed by atoms with Crippen molar-refractivity contribution >= 4 is 53.1 Å². The molecule has 0 bridgehead atoms. The largest absolute Gasteiger partial charge is 0.507 e. The minimum atomic E-state index is -1.55. The Morgan fingerprint density at radius 1 is 0.806 bits per heavy atom. The summed E-state index contributed by atoms with van der Waals surface area (Å²) in [5.74, 6) is -3.59. The van der Waals surface area contributed by atoms with Crippen LogP contribution in [0.15, 0.2) is 60.7 Å². The van der Waals surface area contributed by atoms with Gasteiger partial charge in [0.2, 0.25) is 0 Å². The number of phenols is 1. The molecular weight excluding hydrogens is 861 g/mol. The highest BCUT2D eigenvalue weighted by atomic mass is 16.8. The van der Waals surface area contributed by atoms with Gasteiger partial charge in [-0.2, -0.15) is 0 Å². The number of anilines is 2. The number of aliphatic hydroxyl groups is 2. The van der Waals surface area contributed by atoms with Crippen molar-refractivity contribution in [3.63, 3.8) is 0 Å². The number of hydrogen-bond donors (Lipinski definition) is 4. The molecular formula is C52H72N2O13. The molecule has 0 aromatic heterocycles. The molecule has 0 aliphatic carbocycles. The average molecular weight is 933 g/mol. The fourth-order valence-electron chi connectivity index (χ4n) is 7.30. The lowest BCUT2D eigenvalue weighted by Crippen LogP contribution is -2.37. The quantitative estimate of drug-likeness (QED) is 0.167. The molecule has 1 saturated heterocycles. The Labute approximate surface area is 395 Å². The van der Waals surface area contributed by atoms with Crippen LogP contribution in [0.1, 0.15) is 134 Å². The molecule has 3 aliphatic heterocycles. The maximum absolute atomic E-state index is 13.4. The molecule has 2 aromatic rings. The van der Waals surface area contributed by atoms with E-state index < -0.39 is 71.8 Å². The Morgan fingerprint density at radius 3 is 1.93 bits per heavy atom. The van der Waals surface area contributed by atoms with Gasteiger partial charge in [-0.1, -0.05) is 57.7 Å². The first-order valence-corrected chi connectivity index (χ1v) is 22.5. The van der Waals surface area contributed by atoms with E-state index in [9.17, 15) is 39.3 Å². The lowest BCUT2D eigenvalue weighted by molar-refractivity contribution is -0.152. The van der Waals surface area contributed by atoms with Crippen molar-refractivity contribution in [2.45, 2.75) is 151 Å². The van der Waals surface area contributed by atoms with E-state index in [0.717, 1.165) is 0 Å². The molecule has 1 amide bonds. The van der Waals surface area contributed by atoms with Crippen molar-refractivity contribution in [3.8, 4) is 5.75 Å². The van der Waals surface area contributed by atoms with Crippen LogP contribution in [0.2, 0.25) is 0 Å². The first kappa shape index (κ1) is 55.7. The van der Waals surface area contributed by atoms with Crippen molar-refractivity contribution < 1.29 is 63.0 Å². The van der Waals surface area contributed by atoms with Gasteiger partial charge in [-0.05, 0) is 129 Å². The van der Waals surface area contributed by atoms with Crippen LogP contribution in [0.25, 0.3) is 12.2 Å². The number of phenolic OH excluding ortho intramolecular Hbond substituents is 1. The Kier molecular flexibility index (Phi) is 19.9. The number of esters is 2. The molecule has 368 valence electrons. The van der Waals surface area contributed by atoms with Gasteiger partial charge < -0.3 is 44.3 Å². The number of cyclic esters (lactones) is 2. The molecule has 8 atom stereocenters. The van der Waals surface area contributed by atoms with Gasteiger partial charge >= 0.3 is 18.0 Å². The summed E-state index contributed by atoms with van der Waals surface area (Å²) in [6, 6.07) is 6.71. The van der Waals surface area contributed by atoms with E-state index in [-0.39, 0.29) is 42.8 Å². The number of fused-ring (bicyclic) bond motifs is 3. The van der Waals surface area contributed by atoms with Gasteiger partial charge in [0.05, 0.1) is 17.8 Å². The number of nitrogens with zero attached hydrogens (tertiary/aromatic N) is 1. The van der Waals surface area contributed by atoms with E-state index in [2.05, 4.69) is 5.32 Å². The number of aryl methyl sites for hydroxylation is 1. The minimum Gasteiger partial charge on any atom is -0.507 e. The number of nitrogens with one attached hydrogen (secondary N) is 1. The zero-order valence-electron chi connectivity index (χ0n) is 40.2. The second-order valence-electron chi connectivity index (χ2n) is 18.3. The number of ketones is 2. The Morgan fingerprint density at radius 2 is 1.36 bits per heavy atom. The molecule has 4 N–H and O–H groups in total. The molecule has 5 rings (SSSR count). The van der Waals surface area contributed by atoms with E-state index in [1.165, 1.54) is 35.3 Å². The van der Waals surface area contributed by atoms with Crippen molar-refractivity contribution in [3.05, 3.63) is 88.5 Å². The summed E-state index contributed by atoms with van der Waals surface area (Å²) in [6.45, 7) is 22.7. The van der Waals surface area contributed by atoms with Gasteiger partial charge in [0.1, 0.15) is 41.3 Å². The molecule has 0 radical (unpaired) electrons. The summed E-state index contributed by atoms with van der Waals surface area (Å²) in [5.41, 5.74) is 2.69. The fourth-order valence-corrected chi connectivity index (χ4v) is 7.30. The third-order valence-electron chi connectivity index (χ3n) is 11.2. The lowest BCUT2D eigenvalue weighted by Gasteiger charge is -2.27. The Bertz CT molecular complexity index is 2220. The summed E-state index contributed by atoms with van der Waals surface area (Å²) in [6.07, 6.45) is 7.48. The maximum Gasteiger partial charge on any atom is 0.414 e. The van der Waals surface area contributed by atoms with Crippen molar-refractivity contribution in [1.29, 1.82) is 0 Å². The normalized spacial score (nSPS) is 27.5. The number of aliphatic hydroxyl groups excluding tert-OH is 2. The molecule has 67 heavy (non-hydrogen) atoms. The maximum atomic E-state index is 13.4. The molecule has 15 heteroatoms. The number of carbonyl (C=O) groups is 5. The van der Waals surface area contributed by atoms with Gasteiger partial charge in [0.25, 0.3) is 0 Å². The molecule has 3 heterocycles. The highest BCUT2D eigenvalue weighted by Crippen LogP contribution is 2.34. The monoisotopic (exact) mass is 933 g/mol. The zero-order valence-corrected chi connectivity index (χ0v) is 40.2. The number of amides is 1. The van der Waals surface area contributed by atoms with E-state index in [4.69, 9.17) is 23.7 Å². The predicted molar refractivity (Wildman–Crippen MR) is 259 cm³/mol. The lowest BCUT2D eigenvalue weighted by atomic mass is 9.97. The van der Waals surface area contributed by atoms with E-state index in [1.807, 2.05) is 60.6 Å². The molecule has 15 nitrogen and oxygen atoms in total. The van der Waals surface area contributed by atoms with Crippen LogP contribution in [0.5, 0.6) is 5.75 Å². The van der Waals surface area contributed by atoms with Gasteiger partial charge in [-0.15, -0.1) is 0 Å². The zero-order chi connectivity index (χ0) is 49.3. The van der Waals surface area contributed by atoms with Crippen LogP contribution in [0.3, 0.4) is 0 Å². The summed E-state index contributed by atoms with van der Waals surface area (Å²) in [5, 5.41) is 33.5. The molecule has 0 spiro atoms. The van der Waals surface area contributed by atoms with Crippen LogP contribution in [-0.2, 0) is 33.3 Å². The highest BCUT2D eigenvalue weighted by molar-refractivity contribution is 5.99. The second kappa shape index (κ2) is 23.9. The smallest absolute Gasteiger partial charge is 0.414 e. The van der Waals surface area contributed by atoms with E-state index >= 15 is 0 Å². The SMILES string of the molecule is C.CCN(C(=O)OC(C)(C)C)c1cc(C)c2c(c1)/C=C/C[C@@H]1OC(C)(C)O[C@@H]1C(=O)/C=C\[C@@H](C)[C@H](C)OC2=O.CCNc1cc(O)c2c(c1)/C=C/C[C@H](O)[C@H](O)C(=O)/C=C\[C@@H](C)[C@H](C)OC2=O. The number of ether oxygens (including phenoxy) is 5. The Hall–Kier alpha value is -5.61. The Balaban J connectivity index is 0.000000366. The highest BCUT2D eigenvalue weighted by Gasteiger charge is 2.44. The second-order valence-corrected chi connectivity index (χ2v) is 18.3. The van der Waals surface area contributed by atoms with Gasteiger partial charge in [0, 0.05) is 42.4 Å². The van der Waals surface area contributed by atoms with Crippen LogP contribution in [-0.4, -0.2) is 106 Å². The molecule has 0 saturated carbocycles. The third-order valence-corrected chi connectivity index (χ3v) is 11.2. The van der Waals surface area contributed by atoms with E-state index in [0.29, 0.717) is 53.1 Å². The van der Waals surface area contributed by atoms with E-state index in [1.54, 1.807) is 65.0 Å². The van der Waals surface area contributed by atoms with Crippen molar-refractivity contribution in [1.82, 2.24) is 0 Å². The minimum absolute atomic E-state index is 0. The molecule has 0 unspecified atom stereocenters. The molecule has 2 aromatic carbocycles. The fraction of sp³-hybridized carbons (Fsp3) is 0.519. The van der Waals surface area contributed by atoms with Crippen molar-refractivity contribution in [2.24, 2.45) is 11.8 Å². The summed E-state index contributed by atoms with van der Waals surface area (Å²) >= 11 is 0. The number of hydrogen-bond acceptors (Lipinski definition) is 14. The average Bonchev–Trinajstić information content (AvgIpc) is 3.53. The number of aromatic hydroxyl groups is 1. The number of rotatable bonds is 4. The molecule has 3 aliphatic rings. The number of carbonyl (C=O) groups excluding carboxylic acids is 5. The predicted octanol–water partition coefficient (Wildman–Crippen LogP) is 8.91. The van der Waals surface area contributed by atoms with Crippen LogP contribution in [0.4, 0.5) is 16.2 Å². The van der Waals surface area contributed by atoms with Gasteiger partial charge in [-0.25, -0.2) is 14.4 Å². The first-order valence-electron chi connectivity index (χ1n) is 22.5. The van der Waals surface area contributed by atoms with Gasteiger partial charge in [0.15, 0.2) is 17.4 Å². The topological polar surface area (TPSA) is 207 Å². The van der Waals surface area contributed by atoms with Crippen LogP contribution < -0.4 is 10.2 Å². The summed E-state index contributed by atoms with van der Waals surface area (Å²) in [4.78, 5) is 65.5. The van der Waals surface area contributed by atoms with Crippen molar-refractivity contribution in [2.75, 3.05) is 23.3 Å². The standard InChI is InChI=1S/C30H41NO7.C21H27NO6.CH4/c1-10-31(28(34)38-29(5,6)7)22-16-19(3)25-21(17-22)12-11-13-24-26(37-30(8,9)36-24)23(32)15-14-18(2)20(4)35-27(25)33;1-4-22-15-10-14-6-5-7-16(23)20(26)17(24)9-8-12(2)13(3)28-21(27)19(14)18(25)11-15;/h11-12,14-18,20,24,26H,10,13H2,1-9H3;5-6,8-13,16,20,22-23,25-26H,4,7H2,1-3H3;1H4/b12-11+,15-14-;6-5+,9-8-;/t18-,20+,24+,26-;12-,13+,16+,20+;/m11./s1. The van der Waals surface area contributed by atoms with Gasteiger partial charge in [-0.3, -0.25) is 14.5 Å². The summed E-state index contributed by atoms with van der Waals surface area (Å²) in [7, 11) is 0. The third kappa shape index (κ3) is 15.2. The van der Waals surface area contributed by atoms with Crippen LogP contribution in [0, 0.1) is 18.8 Å².